The van der Waals surface area contributed by atoms with Gasteiger partial charge in [-0.2, -0.15) is 0 Å². The summed E-state index contributed by atoms with van der Waals surface area (Å²) in [6, 6.07) is 0.886. The molecule has 5 rings (SSSR count). The molecular formula is C13H17N3O2. The van der Waals surface area contributed by atoms with Crippen LogP contribution in [-0.4, -0.2) is 34.0 Å². The molecule has 1 N–H and O–H groups in total. The van der Waals surface area contributed by atoms with Crippen molar-refractivity contribution in [3.05, 3.63) is 5.89 Å². The van der Waals surface area contributed by atoms with Crippen molar-refractivity contribution in [3.8, 4) is 0 Å². The third-order valence-electron chi connectivity index (χ3n) is 5.45. The molecule has 0 radical (unpaired) electrons. The van der Waals surface area contributed by atoms with Gasteiger partial charge in [0.2, 0.25) is 5.89 Å². The van der Waals surface area contributed by atoms with Gasteiger partial charge in [0.15, 0.2) is 0 Å². The molecule has 5 nitrogen and oxygen atoms in total. The fraction of sp³-hybridized carbons (Fsp3) is 0.846. The zero-order valence-corrected chi connectivity index (χ0v) is 10.2. The van der Waals surface area contributed by atoms with E-state index in [-0.39, 0.29) is 12.1 Å². The minimum absolute atomic E-state index is 0.190. The Morgan fingerprint density at radius 3 is 2.83 bits per heavy atom. The van der Waals surface area contributed by atoms with Crippen molar-refractivity contribution in [1.82, 2.24) is 10.2 Å². The van der Waals surface area contributed by atoms with Crippen molar-refractivity contribution in [2.75, 3.05) is 11.4 Å². The van der Waals surface area contributed by atoms with E-state index >= 15 is 0 Å². The van der Waals surface area contributed by atoms with Gasteiger partial charge in [-0.3, -0.25) is 0 Å². The zero-order chi connectivity index (χ0) is 11.9. The van der Waals surface area contributed by atoms with Gasteiger partial charge in [0.05, 0.1) is 12.1 Å². The van der Waals surface area contributed by atoms with Gasteiger partial charge >= 0.3 is 6.01 Å². The van der Waals surface area contributed by atoms with Crippen LogP contribution in [0.4, 0.5) is 6.01 Å². The Bertz CT molecular complexity index is 496. The highest BCUT2D eigenvalue weighted by molar-refractivity contribution is 5.36. The Morgan fingerprint density at radius 1 is 1.17 bits per heavy atom. The van der Waals surface area contributed by atoms with Crippen molar-refractivity contribution in [2.45, 2.75) is 43.7 Å². The topological polar surface area (TPSA) is 62.4 Å². The summed E-state index contributed by atoms with van der Waals surface area (Å²) in [6.07, 6.45) is 4.55. The summed E-state index contributed by atoms with van der Waals surface area (Å²) < 4.78 is 5.81. The van der Waals surface area contributed by atoms with E-state index in [1.54, 1.807) is 0 Å². The molecule has 5 atom stereocenters. The van der Waals surface area contributed by atoms with Crippen LogP contribution in [0.15, 0.2) is 4.42 Å². The summed E-state index contributed by atoms with van der Waals surface area (Å²) in [5.74, 6) is 3.21. The normalized spacial score (nSPS) is 45.2. The highest BCUT2D eigenvalue weighted by atomic mass is 16.4. The Labute approximate surface area is 105 Å². The van der Waals surface area contributed by atoms with Gasteiger partial charge in [0.1, 0.15) is 0 Å². The highest BCUT2D eigenvalue weighted by Crippen LogP contribution is 2.55. The number of nitrogens with zero attached hydrogens (tertiary/aromatic N) is 3. The fourth-order valence-electron chi connectivity index (χ4n) is 4.47. The number of hydrogen-bond donors (Lipinski definition) is 1. The van der Waals surface area contributed by atoms with Crippen molar-refractivity contribution in [1.29, 1.82) is 0 Å². The van der Waals surface area contributed by atoms with Crippen LogP contribution in [0, 0.1) is 17.8 Å². The lowest BCUT2D eigenvalue weighted by molar-refractivity contribution is 0.0956. The summed E-state index contributed by atoms with van der Waals surface area (Å²) in [7, 11) is 0. The molecule has 1 saturated heterocycles. The smallest absolute Gasteiger partial charge is 0.318 e. The van der Waals surface area contributed by atoms with Crippen molar-refractivity contribution < 1.29 is 9.52 Å². The molecule has 3 aliphatic carbocycles. The van der Waals surface area contributed by atoms with Crippen LogP contribution in [0.1, 0.15) is 37.5 Å². The number of hydrogen-bond acceptors (Lipinski definition) is 5. The molecule has 5 heteroatoms. The van der Waals surface area contributed by atoms with Crippen molar-refractivity contribution in [3.63, 3.8) is 0 Å². The number of rotatable bonds is 2. The second-order valence-electron chi connectivity index (χ2n) is 6.49. The molecule has 1 aromatic heterocycles. The van der Waals surface area contributed by atoms with Gasteiger partial charge in [-0.1, -0.05) is 5.10 Å². The number of fused-ring (bicyclic) bond motifs is 1. The highest BCUT2D eigenvalue weighted by Gasteiger charge is 2.59. The lowest BCUT2D eigenvalue weighted by atomic mass is 9.88. The van der Waals surface area contributed by atoms with Crippen LogP contribution in [0.2, 0.25) is 0 Å². The van der Waals surface area contributed by atoms with E-state index in [4.69, 9.17) is 4.42 Å². The number of aliphatic hydroxyl groups is 1. The summed E-state index contributed by atoms with van der Waals surface area (Å²) in [5.41, 5.74) is 0. The second kappa shape index (κ2) is 3.07. The van der Waals surface area contributed by atoms with Gasteiger partial charge in [-0.15, -0.1) is 5.10 Å². The first-order chi connectivity index (χ1) is 8.81. The maximum Gasteiger partial charge on any atom is 0.318 e. The summed E-state index contributed by atoms with van der Waals surface area (Å²) >= 11 is 0. The first-order valence-corrected chi connectivity index (χ1v) is 7.09. The number of anilines is 1. The quantitative estimate of drug-likeness (QED) is 0.849. The number of aromatic nitrogens is 2. The van der Waals surface area contributed by atoms with Crippen LogP contribution in [0.25, 0.3) is 0 Å². The van der Waals surface area contributed by atoms with Crippen LogP contribution in [0.5, 0.6) is 0 Å². The van der Waals surface area contributed by atoms with Crippen molar-refractivity contribution in [2.24, 2.45) is 17.8 Å². The Hall–Kier alpha value is -1.10. The maximum absolute atomic E-state index is 10.3. The predicted octanol–water partition coefficient (Wildman–Crippen LogP) is 1.15. The van der Waals surface area contributed by atoms with E-state index in [1.165, 1.54) is 25.7 Å². The van der Waals surface area contributed by atoms with Gasteiger partial charge < -0.3 is 14.4 Å². The van der Waals surface area contributed by atoms with Gasteiger partial charge in [-0.25, -0.2) is 0 Å². The van der Waals surface area contributed by atoms with E-state index in [0.29, 0.717) is 23.8 Å². The molecule has 3 saturated carbocycles. The Kier molecular flexibility index (Phi) is 1.67. The third kappa shape index (κ3) is 1.11. The lowest BCUT2D eigenvalue weighted by Gasteiger charge is -2.27. The SMILES string of the molecule is OC1C2CC3CN(c4nnc(C5CC5)o4)C1C3C2. The van der Waals surface area contributed by atoms with Gasteiger partial charge in [0.25, 0.3) is 0 Å². The van der Waals surface area contributed by atoms with Crippen LogP contribution >= 0.6 is 0 Å². The molecule has 4 aliphatic rings. The van der Waals surface area contributed by atoms with E-state index < -0.39 is 0 Å². The standard InChI is InChI=1S/C13H17N3O2/c17-11-7-3-8-5-16(10(11)9(8)4-7)13-15-14-12(18-13)6-1-2-6/h6-11,17H,1-5H2. The van der Waals surface area contributed by atoms with E-state index in [1.807, 2.05) is 0 Å². The number of aliphatic hydroxyl groups excluding tert-OH is 1. The molecule has 0 amide bonds. The summed E-state index contributed by atoms with van der Waals surface area (Å²) in [6.45, 7) is 0.995. The molecule has 1 aromatic rings. The van der Waals surface area contributed by atoms with E-state index in [2.05, 4.69) is 15.1 Å². The molecular weight excluding hydrogens is 230 g/mol. The second-order valence-corrected chi connectivity index (χ2v) is 6.49. The van der Waals surface area contributed by atoms with Crippen molar-refractivity contribution >= 4 is 6.01 Å². The van der Waals surface area contributed by atoms with Crippen LogP contribution in [0.3, 0.4) is 0 Å². The predicted molar refractivity (Wildman–Crippen MR) is 63.1 cm³/mol. The van der Waals surface area contributed by atoms with Gasteiger partial charge in [-0.05, 0) is 43.4 Å². The first kappa shape index (κ1) is 9.78. The lowest BCUT2D eigenvalue weighted by Crippen LogP contribution is -2.40. The molecule has 18 heavy (non-hydrogen) atoms. The average molecular weight is 247 g/mol. The van der Waals surface area contributed by atoms with Crippen LogP contribution in [-0.2, 0) is 0 Å². The first-order valence-electron chi connectivity index (χ1n) is 7.09. The third-order valence-corrected chi connectivity index (χ3v) is 5.45. The molecule has 5 unspecified atom stereocenters. The molecule has 0 aromatic carbocycles. The van der Waals surface area contributed by atoms with Crippen LogP contribution < -0.4 is 4.90 Å². The van der Waals surface area contributed by atoms with E-state index in [0.717, 1.165) is 18.4 Å². The zero-order valence-electron chi connectivity index (χ0n) is 10.2. The largest absolute Gasteiger partial charge is 0.408 e. The monoisotopic (exact) mass is 247 g/mol. The minimum Gasteiger partial charge on any atom is -0.408 e. The average Bonchev–Trinajstić information content (AvgIpc) is 2.74. The molecule has 0 spiro atoms. The molecule has 96 valence electrons. The summed E-state index contributed by atoms with van der Waals surface area (Å²) in [5, 5.41) is 18.7. The van der Waals surface area contributed by atoms with Gasteiger partial charge in [0, 0.05) is 12.5 Å². The fourth-order valence-corrected chi connectivity index (χ4v) is 4.47. The maximum atomic E-state index is 10.3. The minimum atomic E-state index is -0.190. The Balaban J connectivity index is 1.49. The Morgan fingerprint density at radius 2 is 2.06 bits per heavy atom. The molecule has 2 bridgehead atoms. The van der Waals surface area contributed by atoms with E-state index in [9.17, 15) is 5.11 Å². The molecule has 4 fully saturated rings. The molecule has 2 heterocycles. The summed E-state index contributed by atoms with van der Waals surface area (Å²) in [4.78, 5) is 2.19. The molecule has 1 aliphatic heterocycles.